The predicted molar refractivity (Wildman–Crippen MR) is 78.3 cm³/mol. The zero-order chi connectivity index (χ0) is 12.4. The van der Waals surface area contributed by atoms with Crippen LogP contribution in [0.4, 0.5) is 5.69 Å². The summed E-state index contributed by atoms with van der Waals surface area (Å²) in [6.07, 6.45) is 2.68. The van der Waals surface area contributed by atoms with Gasteiger partial charge in [-0.1, -0.05) is 0 Å². The molecule has 2 heterocycles. The number of anilines is 1. The summed E-state index contributed by atoms with van der Waals surface area (Å²) in [6, 6.07) is 6.44. The van der Waals surface area contributed by atoms with Crippen LogP contribution in [0.2, 0.25) is 0 Å². The molecule has 4 heteroatoms. The molecule has 0 saturated carbocycles. The van der Waals surface area contributed by atoms with Crippen molar-refractivity contribution in [2.75, 3.05) is 32.0 Å². The van der Waals surface area contributed by atoms with E-state index in [4.69, 9.17) is 0 Å². The van der Waals surface area contributed by atoms with Crippen molar-refractivity contribution < 1.29 is 0 Å². The van der Waals surface area contributed by atoms with Gasteiger partial charge < -0.3 is 10.2 Å². The van der Waals surface area contributed by atoms with Crippen molar-refractivity contribution in [1.82, 2.24) is 9.88 Å². The third-order valence-corrected chi connectivity index (χ3v) is 4.44. The van der Waals surface area contributed by atoms with Crippen LogP contribution in [0.25, 0.3) is 10.2 Å². The smallest absolute Gasteiger partial charge is 0.0813 e. The molecule has 3 nitrogen and oxygen atoms in total. The number of thiazole rings is 1. The van der Waals surface area contributed by atoms with Gasteiger partial charge in [0.15, 0.2) is 0 Å². The van der Waals surface area contributed by atoms with Gasteiger partial charge in [0.2, 0.25) is 0 Å². The number of piperidine rings is 1. The van der Waals surface area contributed by atoms with Gasteiger partial charge in [-0.2, -0.15) is 0 Å². The number of rotatable bonds is 3. The average molecular weight is 261 g/mol. The second kappa shape index (κ2) is 5.24. The Morgan fingerprint density at radius 2 is 2.44 bits per heavy atom. The van der Waals surface area contributed by atoms with Crippen LogP contribution in [-0.4, -0.2) is 36.6 Å². The molecule has 0 bridgehead atoms. The predicted octanol–water partition coefficient (Wildman–Crippen LogP) is 3.05. The van der Waals surface area contributed by atoms with Crippen molar-refractivity contribution in [3.8, 4) is 0 Å². The Labute approximate surface area is 112 Å². The van der Waals surface area contributed by atoms with Gasteiger partial charge in [0.1, 0.15) is 0 Å². The van der Waals surface area contributed by atoms with E-state index in [1.54, 1.807) is 11.3 Å². The lowest BCUT2D eigenvalue weighted by Gasteiger charge is -2.29. The number of nitrogens with zero attached hydrogens (tertiary/aromatic N) is 2. The third kappa shape index (κ3) is 2.65. The summed E-state index contributed by atoms with van der Waals surface area (Å²) in [7, 11) is 2.22. The minimum atomic E-state index is 0.779. The second-order valence-electron chi connectivity index (χ2n) is 5.19. The Kier molecular flexibility index (Phi) is 3.48. The monoisotopic (exact) mass is 261 g/mol. The first-order chi connectivity index (χ1) is 8.81. The van der Waals surface area contributed by atoms with Crippen LogP contribution in [0.1, 0.15) is 12.8 Å². The Bertz CT molecular complexity index is 522. The molecule has 0 radical (unpaired) electrons. The summed E-state index contributed by atoms with van der Waals surface area (Å²) in [5.74, 6) is 0.779. The fraction of sp³-hybridized carbons (Fsp3) is 0.500. The minimum absolute atomic E-state index is 0.779. The molecule has 1 N–H and O–H groups in total. The summed E-state index contributed by atoms with van der Waals surface area (Å²) in [6.45, 7) is 3.55. The maximum absolute atomic E-state index is 4.30. The number of nitrogens with one attached hydrogen (secondary N) is 1. The number of hydrogen-bond donors (Lipinski definition) is 1. The Balaban J connectivity index is 1.61. The largest absolute Gasteiger partial charge is 0.385 e. The Hall–Kier alpha value is -1.13. The maximum Gasteiger partial charge on any atom is 0.0813 e. The van der Waals surface area contributed by atoms with Gasteiger partial charge in [-0.15, -0.1) is 11.3 Å². The van der Waals surface area contributed by atoms with Crippen molar-refractivity contribution in [3.63, 3.8) is 0 Å². The summed E-state index contributed by atoms with van der Waals surface area (Å²) in [5, 5.41) is 3.57. The molecular weight excluding hydrogens is 242 g/mol. The first-order valence-corrected chi connectivity index (χ1v) is 7.45. The zero-order valence-corrected chi connectivity index (χ0v) is 11.5. The van der Waals surface area contributed by atoms with Gasteiger partial charge in [-0.05, 0) is 50.6 Å². The molecule has 1 aromatic heterocycles. The van der Waals surface area contributed by atoms with E-state index in [-0.39, 0.29) is 0 Å². The van der Waals surface area contributed by atoms with Crippen LogP contribution in [-0.2, 0) is 0 Å². The molecule has 0 amide bonds. The first-order valence-electron chi connectivity index (χ1n) is 6.57. The van der Waals surface area contributed by atoms with Crippen LogP contribution in [0.5, 0.6) is 0 Å². The van der Waals surface area contributed by atoms with Crippen molar-refractivity contribution in [3.05, 3.63) is 23.7 Å². The zero-order valence-electron chi connectivity index (χ0n) is 10.7. The van der Waals surface area contributed by atoms with Crippen LogP contribution in [0.3, 0.4) is 0 Å². The van der Waals surface area contributed by atoms with Crippen molar-refractivity contribution in [1.29, 1.82) is 0 Å². The molecular formula is C14H19N3S. The number of benzene rings is 1. The quantitative estimate of drug-likeness (QED) is 0.920. The van der Waals surface area contributed by atoms with Gasteiger partial charge in [-0.3, -0.25) is 0 Å². The lowest BCUT2D eigenvalue weighted by atomic mass is 9.98. The summed E-state index contributed by atoms with van der Waals surface area (Å²) < 4.78 is 1.26. The van der Waals surface area contributed by atoms with E-state index in [0.29, 0.717) is 0 Å². The number of hydrogen-bond acceptors (Lipinski definition) is 4. The van der Waals surface area contributed by atoms with E-state index in [2.05, 4.69) is 40.4 Å². The molecule has 1 aromatic carbocycles. The highest BCUT2D eigenvalue weighted by molar-refractivity contribution is 7.16. The van der Waals surface area contributed by atoms with E-state index >= 15 is 0 Å². The summed E-state index contributed by atoms with van der Waals surface area (Å²) in [4.78, 5) is 6.74. The highest BCUT2D eigenvalue weighted by Gasteiger charge is 2.16. The van der Waals surface area contributed by atoms with Crippen LogP contribution < -0.4 is 5.32 Å². The molecule has 3 rings (SSSR count). The van der Waals surface area contributed by atoms with E-state index < -0.39 is 0 Å². The van der Waals surface area contributed by atoms with E-state index in [1.165, 1.54) is 36.3 Å². The molecule has 1 atom stereocenters. The van der Waals surface area contributed by atoms with Gasteiger partial charge in [0, 0.05) is 18.8 Å². The number of aromatic nitrogens is 1. The molecule has 0 aliphatic carbocycles. The molecule has 1 fully saturated rings. The normalized spacial score (nSPS) is 21.3. The molecule has 1 aliphatic heterocycles. The van der Waals surface area contributed by atoms with Crippen molar-refractivity contribution in [2.24, 2.45) is 5.92 Å². The minimum Gasteiger partial charge on any atom is -0.385 e. The summed E-state index contributed by atoms with van der Waals surface area (Å²) >= 11 is 1.70. The van der Waals surface area contributed by atoms with E-state index in [0.717, 1.165) is 18.0 Å². The molecule has 18 heavy (non-hydrogen) atoms. The number of likely N-dealkylation sites (tertiary alicyclic amines) is 1. The second-order valence-corrected chi connectivity index (χ2v) is 6.07. The molecule has 0 spiro atoms. The third-order valence-electron chi connectivity index (χ3n) is 3.65. The standard InChI is InChI=1S/C14H19N3S/c1-17-6-2-3-11(9-17)8-15-12-4-5-13-14(7-12)18-10-16-13/h4-5,7,10-11,15H,2-3,6,8-9H2,1H3. The SMILES string of the molecule is CN1CCCC(CNc2ccc3ncsc3c2)C1. The molecule has 2 aromatic rings. The molecule has 1 saturated heterocycles. The number of fused-ring (bicyclic) bond motifs is 1. The average Bonchev–Trinajstić information content (AvgIpc) is 2.84. The van der Waals surface area contributed by atoms with E-state index in [1.807, 2.05) is 5.51 Å². The van der Waals surface area contributed by atoms with Gasteiger partial charge in [0.25, 0.3) is 0 Å². The topological polar surface area (TPSA) is 28.2 Å². The van der Waals surface area contributed by atoms with Gasteiger partial charge >= 0.3 is 0 Å². The molecule has 96 valence electrons. The highest BCUT2D eigenvalue weighted by Crippen LogP contribution is 2.22. The van der Waals surface area contributed by atoms with Crippen molar-refractivity contribution in [2.45, 2.75) is 12.8 Å². The van der Waals surface area contributed by atoms with Crippen LogP contribution in [0.15, 0.2) is 23.7 Å². The molecule has 1 unspecified atom stereocenters. The maximum atomic E-state index is 4.30. The lowest BCUT2D eigenvalue weighted by Crippen LogP contribution is -2.35. The summed E-state index contributed by atoms with van der Waals surface area (Å²) in [5.41, 5.74) is 4.23. The Morgan fingerprint density at radius 3 is 3.33 bits per heavy atom. The fourth-order valence-electron chi connectivity index (χ4n) is 2.67. The highest BCUT2D eigenvalue weighted by atomic mass is 32.1. The van der Waals surface area contributed by atoms with Crippen LogP contribution in [0, 0.1) is 5.92 Å². The van der Waals surface area contributed by atoms with Gasteiger partial charge in [0.05, 0.1) is 15.7 Å². The van der Waals surface area contributed by atoms with Gasteiger partial charge in [-0.25, -0.2) is 4.98 Å². The van der Waals surface area contributed by atoms with E-state index in [9.17, 15) is 0 Å². The fourth-order valence-corrected chi connectivity index (χ4v) is 3.38. The first kappa shape index (κ1) is 11.9. The Morgan fingerprint density at radius 1 is 1.50 bits per heavy atom. The van der Waals surface area contributed by atoms with Crippen LogP contribution >= 0.6 is 11.3 Å². The lowest BCUT2D eigenvalue weighted by molar-refractivity contribution is 0.217. The molecule has 1 aliphatic rings. The van der Waals surface area contributed by atoms with Crippen molar-refractivity contribution >= 4 is 27.2 Å².